The Morgan fingerprint density at radius 1 is 1.33 bits per heavy atom. The maximum atomic E-state index is 12.8. The summed E-state index contributed by atoms with van der Waals surface area (Å²) in [6, 6.07) is 1.77. The molecule has 7 heteroatoms. The van der Waals surface area contributed by atoms with Gasteiger partial charge in [0.15, 0.2) is 10.8 Å². The number of hydrogen-bond acceptors (Lipinski definition) is 6. The molecule has 1 saturated heterocycles. The van der Waals surface area contributed by atoms with Crippen LogP contribution in [0.15, 0.2) is 18.5 Å². The van der Waals surface area contributed by atoms with Crippen LogP contribution in [0.3, 0.4) is 0 Å². The molecular weight excluding hydrogens is 322 g/mol. The molecule has 24 heavy (non-hydrogen) atoms. The largest absolute Gasteiger partial charge is 0.341 e. The fraction of sp³-hybridized carbons (Fsp3) is 0.529. The van der Waals surface area contributed by atoms with Gasteiger partial charge < -0.3 is 9.80 Å². The Hall–Kier alpha value is -1.86. The van der Waals surface area contributed by atoms with Crippen molar-refractivity contribution < 1.29 is 4.79 Å². The predicted molar refractivity (Wildman–Crippen MR) is 95.1 cm³/mol. The highest BCUT2D eigenvalue weighted by molar-refractivity contribution is 7.17. The number of piperidine rings is 1. The number of aromatic nitrogens is 3. The van der Waals surface area contributed by atoms with Crippen LogP contribution in [0.1, 0.15) is 28.2 Å². The zero-order chi connectivity index (χ0) is 17.1. The van der Waals surface area contributed by atoms with Crippen LogP contribution in [0.4, 0.5) is 0 Å². The minimum Gasteiger partial charge on any atom is -0.341 e. The summed E-state index contributed by atoms with van der Waals surface area (Å²) < 4.78 is 0. The zero-order valence-electron chi connectivity index (χ0n) is 14.4. The van der Waals surface area contributed by atoms with Crippen LogP contribution in [-0.2, 0) is 0 Å². The van der Waals surface area contributed by atoms with Crippen LogP contribution in [-0.4, -0.2) is 64.4 Å². The van der Waals surface area contributed by atoms with Crippen molar-refractivity contribution in [2.45, 2.75) is 19.8 Å². The molecule has 6 nitrogen and oxygen atoms in total. The summed E-state index contributed by atoms with van der Waals surface area (Å²) in [6.45, 7) is 4.91. The molecule has 0 N–H and O–H groups in total. The topological polar surface area (TPSA) is 62.2 Å². The number of thiazole rings is 1. The molecule has 0 radical (unpaired) electrons. The molecule has 0 aromatic carbocycles. The van der Waals surface area contributed by atoms with Crippen molar-refractivity contribution in [2.24, 2.45) is 5.92 Å². The van der Waals surface area contributed by atoms with Gasteiger partial charge in [0.25, 0.3) is 5.91 Å². The third-order valence-electron chi connectivity index (χ3n) is 4.46. The van der Waals surface area contributed by atoms with Gasteiger partial charge in [0.1, 0.15) is 4.88 Å². The quantitative estimate of drug-likeness (QED) is 0.851. The molecule has 2 aromatic rings. The molecule has 3 rings (SSSR count). The van der Waals surface area contributed by atoms with Gasteiger partial charge in [0, 0.05) is 26.0 Å². The van der Waals surface area contributed by atoms with E-state index in [4.69, 9.17) is 0 Å². The van der Waals surface area contributed by atoms with E-state index in [0.29, 0.717) is 21.6 Å². The van der Waals surface area contributed by atoms with Gasteiger partial charge in [0.05, 0.1) is 5.69 Å². The molecule has 1 fully saturated rings. The van der Waals surface area contributed by atoms with Gasteiger partial charge in [-0.2, -0.15) is 0 Å². The molecule has 0 aliphatic carbocycles. The molecule has 0 saturated carbocycles. The Morgan fingerprint density at radius 2 is 2.00 bits per heavy atom. The molecule has 2 aromatic heterocycles. The molecule has 1 aliphatic rings. The number of carbonyl (C=O) groups excluding carboxylic acids is 1. The molecule has 1 aliphatic heterocycles. The maximum Gasteiger partial charge on any atom is 0.265 e. The Balaban J connectivity index is 1.69. The van der Waals surface area contributed by atoms with Crippen LogP contribution in [0.5, 0.6) is 0 Å². The number of hydrogen-bond donors (Lipinski definition) is 0. The average Bonchev–Trinajstić information content (AvgIpc) is 2.99. The first-order valence-electron chi connectivity index (χ1n) is 8.23. The van der Waals surface area contributed by atoms with E-state index in [-0.39, 0.29) is 5.91 Å². The Morgan fingerprint density at radius 3 is 2.67 bits per heavy atom. The smallest absolute Gasteiger partial charge is 0.265 e. The minimum absolute atomic E-state index is 0.0473. The summed E-state index contributed by atoms with van der Waals surface area (Å²) in [7, 11) is 4.04. The average molecular weight is 345 g/mol. The van der Waals surface area contributed by atoms with Crippen molar-refractivity contribution in [1.82, 2.24) is 24.8 Å². The SMILES string of the molecule is Cc1nc(-c2ncccn2)sc1C(=O)N(C)CC1CCN(C)CC1. The molecule has 1 amide bonds. The number of amides is 1. The first kappa shape index (κ1) is 17.0. The highest BCUT2D eigenvalue weighted by Crippen LogP contribution is 2.27. The maximum absolute atomic E-state index is 12.8. The van der Waals surface area contributed by atoms with Crippen molar-refractivity contribution in [1.29, 1.82) is 0 Å². The monoisotopic (exact) mass is 345 g/mol. The Bertz CT molecular complexity index is 694. The van der Waals surface area contributed by atoms with Crippen molar-refractivity contribution in [3.63, 3.8) is 0 Å². The second-order valence-electron chi connectivity index (χ2n) is 6.44. The van der Waals surface area contributed by atoms with Crippen molar-refractivity contribution in [2.75, 3.05) is 33.7 Å². The van der Waals surface area contributed by atoms with Crippen LogP contribution in [0.25, 0.3) is 10.8 Å². The van der Waals surface area contributed by atoms with Gasteiger partial charge in [-0.25, -0.2) is 15.0 Å². The second-order valence-corrected chi connectivity index (χ2v) is 7.44. The molecular formula is C17H23N5OS. The predicted octanol–water partition coefficient (Wildman–Crippen LogP) is 2.32. The third kappa shape index (κ3) is 3.79. The number of carbonyl (C=O) groups is 1. The number of aryl methyl sites for hydroxylation is 1. The molecule has 0 unspecified atom stereocenters. The summed E-state index contributed by atoms with van der Waals surface area (Å²) in [6.07, 6.45) is 5.68. The highest BCUT2D eigenvalue weighted by atomic mass is 32.1. The Labute approximate surface area is 146 Å². The van der Waals surface area contributed by atoms with Crippen LogP contribution >= 0.6 is 11.3 Å². The zero-order valence-corrected chi connectivity index (χ0v) is 15.2. The summed E-state index contributed by atoms with van der Waals surface area (Å²) in [5, 5.41) is 0.698. The lowest BCUT2D eigenvalue weighted by atomic mass is 9.96. The summed E-state index contributed by atoms with van der Waals surface area (Å²) in [4.78, 5) is 30.6. The first-order chi connectivity index (χ1) is 11.5. The van der Waals surface area contributed by atoms with E-state index in [1.165, 1.54) is 11.3 Å². The lowest BCUT2D eigenvalue weighted by Gasteiger charge is -2.31. The molecule has 0 spiro atoms. The van der Waals surface area contributed by atoms with E-state index in [9.17, 15) is 4.79 Å². The van der Waals surface area contributed by atoms with Crippen molar-refractivity contribution in [3.8, 4) is 10.8 Å². The Kier molecular flexibility index (Phi) is 5.20. The van der Waals surface area contributed by atoms with Crippen LogP contribution < -0.4 is 0 Å². The van der Waals surface area contributed by atoms with E-state index in [1.807, 2.05) is 18.9 Å². The summed E-state index contributed by atoms with van der Waals surface area (Å²) in [5.41, 5.74) is 0.752. The fourth-order valence-corrected chi connectivity index (χ4v) is 4.00. The number of nitrogens with zero attached hydrogens (tertiary/aromatic N) is 5. The normalized spacial score (nSPS) is 16.3. The molecule has 128 valence electrons. The van der Waals surface area contributed by atoms with E-state index >= 15 is 0 Å². The number of likely N-dealkylation sites (tertiary alicyclic amines) is 1. The molecule has 0 atom stereocenters. The molecule has 3 heterocycles. The van der Waals surface area contributed by atoms with Crippen molar-refractivity contribution in [3.05, 3.63) is 29.0 Å². The standard InChI is InChI=1S/C17H23N5OS/c1-12-14(24-16(20-12)15-18-7-4-8-19-15)17(23)22(3)11-13-5-9-21(2)10-6-13/h4,7-8,13H,5-6,9-11H2,1-3H3. The van der Waals surface area contributed by atoms with Crippen LogP contribution in [0.2, 0.25) is 0 Å². The number of rotatable bonds is 4. The molecule has 0 bridgehead atoms. The highest BCUT2D eigenvalue weighted by Gasteiger charge is 2.24. The van der Waals surface area contributed by atoms with E-state index < -0.39 is 0 Å². The summed E-state index contributed by atoms with van der Waals surface area (Å²) >= 11 is 1.38. The lowest BCUT2D eigenvalue weighted by Crippen LogP contribution is -2.37. The van der Waals surface area contributed by atoms with Gasteiger partial charge in [-0.15, -0.1) is 11.3 Å². The minimum atomic E-state index is 0.0473. The first-order valence-corrected chi connectivity index (χ1v) is 9.05. The van der Waals surface area contributed by atoms with E-state index in [0.717, 1.165) is 38.2 Å². The van der Waals surface area contributed by atoms with Gasteiger partial charge in [-0.1, -0.05) is 0 Å². The van der Waals surface area contributed by atoms with Gasteiger partial charge in [-0.3, -0.25) is 4.79 Å². The summed E-state index contributed by atoms with van der Waals surface area (Å²) in [5.74, 6) is 1.20. The van der Waals surface area contributed by atoms with Crippen molar-refractivity contribution >= 4 is 17.2 Å². The van der Waals surface area contributed by atoms with E-state index in [1.54, 1.807) is 18.5 Å². The second kappa shape index (κ2) is 7.36. The van der Waals surface area contributed by atoms with Crippen LogP contribution in [0, 0.1) is 12.8 Å². The third-order valence-corrected chi connectivity index (χ3v) is 5.61. The van der Waals surface area contributed by atoms with E-state index in [2.05, 4.69) is 26.9 Å². The van der Waals surface area contributed by atoms with Gasteiger partial charge in [0.2, 0.25) is 0 Å². The van der Waals surface area contributed by atoms with Gasteiger partial charge in [-0.05, 0) is 51.9 Å². The fourth-order valence-electron chi connectivity index (χ4n) is 2.99. The van der Waals surface area contributed by atoms with Gasteiger partial charge >= 0.3 is 0 Å². The lowest BCUT2D eigenvalue weighted by molar-refractivity contribution is 0.0751.